The molecule has 5 heteroatoms. The first-order valence-corrected chi connectivity index (χ1v) is 5.39. The first kappa shape index (κ1) is 12.7. The Hall–Kier alpha value is -1.36. The fourth-order valence-corrected chi connectivity index (χ4v) is 1.30. The molecule has 1 aromatic rings. The molecule has 0 radical (unpaired) electrons. The summed E-state index contributed by atoms with van der Waals surface area (Å²) in [5.41, 5.74) is -0.126. The van der Waals surface area contributed by atoms with Crippen LogP contribution in [0.15, 0.2) is 10.9 Å². The van der Waals surface area contributed by atoms with Crippen molar-refractivity contribution >= 4 is 5.82 Å². The Labute approximate surface area is 95.5 Å². The average Bonchev–Trinajstić information content (AvgIpc) is 2.15. The number of likely N-dealkylation sites (N-methyl/N-ethyl adjacent to an activating group) is 1. The molecule has 0 atom stereocenters. The number of aromatic nitrogens is 2. The largest absolute Gasteiger partial charge is 0.377 e. The maximum Gasteiger partial charge on any atom is 0.252 e. The predicted molar refractivity (Wildman–Crippen MR) is 64.0 cm³/mol. The number of ether oxygens (including phenoxy) is 1. The third kappa shape index (κ3) is 4.02. The summed E-state index contributed by atoms with van der Waals surface area (Å²) in [6, 6.07) is 1.49. The average molecular weight is 225 g/mol. The highest BCUT2D eigenvalue weighted by atomic mass is 16.5. The smallest absolute Gasteiger partial charge is 0.252 e. The zero-order valence-corrected chi connectivity index (χ0v) is 10.3. The van der Waals surface area contributed by atoms with Crippen LogP contribution in [0.4, 0.5) is 5.82 Å². The lowest BCUT2D eigenvalue weighted by molar-refractivity contribution is 0.0845. The van der Waals surface area contributed by atoms with E-state index in [1.54, 1.807) is 6.92 Å². The number of nitrogens with one attached hydrogen (secondary N) is 1. The molecule has 1 heterocycles. The van der Waals surface area contributed by atoms with Crippen molar-refractivity contribution in [2.24, 2.45) is 0 Å². The van der Waals surface area contributed by atoms with E-state index in [0.717, 1.165) is 0 Å². The third-order valence-corrected chi connectivity index (χ3v) is 2.12. The van der Waals surface area contributed by atoms with E-state index in [1.165, 1.54) is 6.07 Å². The van der Waals surface area contributed by atoms with Crippen LogP contribution >= 0.6 is 0 Å². The van der Waals surface area contributed by atoms with E-state index >= 15 is 0 Å². The first-order chi connectivity index (χ1) is 7.49. The standard InChI is InChI=1S/C11H19N3O2/c1-8(2)16-6-5-14(4)10-7-11(15)13-9(3)12-10/h7-8H,5-6H2,1-4H3,(H,12,13,15). The van der Waals surface area contributed by atoms with Gasteiger partial charge in [0, 0.05) is 19.7 Å². The van der Waals surface area contributed by atoms with Crippen LogP contribution in [0.25, 0.3) is 0 Å². The molecule has 0 fully saturated rings. The van der Waals surface area contributed by atoms with Gasteiger partial charge in [-0.15, -0.1) is 0 Å². The van der Waals surface area contributed by atoms with Crippen molar-refractivity contribution in [2.45, 2.75) is 26.9 Å². The van der Waals surface area contributed by atoms with Gasteiger partial charge in [0.15, 0.2) is 0 Å². The number of hydrogen-bond acceptors (Lipinski definition) is 4. The fourth-order valence-electron chi connectivity index (χ4n) is 1.30. The van der Waals surface area contributed by atoms with Crippen LogP contribution in [0.1, 0.15) is 19.7 Å². The van der Waals surface area contributed by atoms with Gasteiger partial charge in [0.2, 0.25) is 0 Å². The molecule has 5 nitrogen and oxygen atoms in total. The third-order valence-electron chi connectivity index (χ3n) is 2.12. The highest BCUT2D eigenvalue weighted by molar-refractivity contribution is 5.35. The molecule has 0 amide bonds. The topological polar surface area (TPSA) is 58.2 Å². The summed E-state index contributed by atoms with van der Waals surface area (Å²) >= 11 is 0. The molecule has 90 valence electrons. The molecule has 16 heavy (non-hydrogen) atoms. The SMILES string of the molecule is Cc1nc(N(C)CCOC(C)C)cc(=O)[nH]1. The molecule has 0 saturated heterocycles. The number of anilines is 1. The van der Waals surface area contributed by atoms with Crippen molar-refractivity contribution in [3.63, 3.8) is 0 Å². The van der Waals surface area contributed by atoms with Crippen molar-refractivity contribution in [1.29, 1.82) is 0 Å². The van der Waals surface area contributed by atoms with E-state index in [1.807, 2.05) is 25.8 Å². The van der Waals surface area contributed by atoms with E-state index in [9.17, 15) is 4.79 Å². The number of aromatic amines is 1. The molecule has 1 N–H and O–H groups in total. The number of H-pyrrole nitrogens is 1. The molecular formula is C11H19N3O2. The van der Waals surface area contributed by atoms with Crippen LogP contribution in [0.3, 0.4) is 0 Å². The lowest BCUT2D eigenvalue weighted by atomic mass is 10.4. The maximum absolute atomic E-state index is 11.2. The van der Waals surface area contributed by atoms with Gasteiger partial charge in [-0.1, -0.05) is 0 Å². The highest BCUT2D eigenvalue weighted by Gasteiger charge is 2.04. The minimum absolute atomic E-state index is 0.126. The molecule has 0 aliphatic carbocycles. The van der Waals surface area contributed by atoms with Gasteiger partial charge in [-0.2, -0.15) is 0 Å². The quantitative estimate of drug-likeness (QED) is 0.810. The molecule has 1 aromatic heterocycles. The van der Waals surface area contributed by atoms with E-state index < -0.39 is 0 Å². The lowest BCUT2D eigenvalue weighted by Crippen LogP contribution is -2.26. The Morgan fingerprint density at radius 1 is 1.56 bits per heavy atom. The zero-order chi connectivity index (χ0) is 12.1. The highest BCUT2D eigenvalue weighted by Crippen LogP contribution is 2.04. The van der Waals surface area contributed by atoms with Crippen molar-refractivity contribution < 1.29 is 4.74 Å². The van der Waals surface area contributed by atoms with Crippen LogP contribution in [-0.4, -0.2) is 36.3 Å². The van der Waals surface area contributed by atoms with Crippen LogP contribution in [0.2, 0.25) is 0 Å². The second kappa shape index (κ2) is 5.65. The van der Waals surface area contributed by atoms with Gasteiger partial charge in [0.25, 0.3) is 5.56 Å². The Balaban J connectivity index is 2.58. The fraction of sp³-hybridized carbons (Fsp3) is 0.636. The van der Waals surface area contributed by atoms with E-state index in [4.69, 9.17) is 4.74 Å². The Kier molecular flexibility index (Phi) is 4.49. The second-order valence-electron chi connectivity index (χ2n) is 4.03. The molecule has 0 aliphatic rings. The van der Waals surface area contributed by atoms with E-state index in [-0.39, 0.29) is 11.7 Å². The molecule has 0 aliphatic heterocycles. The summed E-state index contributed by atoms with van der Waals surface area (Å²) in [5.74, 6) is 1.30. The van der Waals surface area contributed by atoms with Gasteiger partial charge in [0.05, 0.1) is 12.7 Å². The van der Waals surface area contributed by atoms with Crippen molar-refractivity contribution in [1.82, 2.24) is 9.97 Å². The van der Waals surface area contributed by atoms with Gasteiger partial charge in [-0.05, 0) is 20.8 Å². The van der Waals surface area contributed by atoms with Crippen LogP contribution < -0.4 is 10.5 Å². The van der Waals surface area contributed by atoms with Crippen molar-refractivity contribution in [2.75, 3.05) is 25.1 Å². The summed E-state index contributed by atoms with van der Waals surface area (Å²) in [6.07, 6.45) is 0.224. The Morgan fingerprint density at radius 2 is 2.25 bits per heavy atom. The maximum atomic E-state index is 11.2. The monoisotopic (exact) mass is 225 g/mol. The number of rotatable bonds is 5. The Morgan fingerprint density at radius 3 is 2.81 bits per heavy atom. The van der Waals surface area contributed by atoms with Gasteiger partial charge < -0.3 is 14.6 Å². The first-order valence-electron chi connectivity index (χ1n) is 5.39. The minimum atomic E-state index is -0.126. The van der Waals surface area contributed by atoms with E-state index in [2.05, 4.69) is 9.97 Å². The molecule has 0 spiro atoms. The lowest BCUT2D eigenvalue weighted by Gasteiger charge is -2.18. The van der Waals surface area contributed by atoms with Crippen LogP contribution in [0.5, 0.6) is 0 Å². The predicted octanol–water partition coefficient (Wildman–Crippen LogP) is 0.940. The molecule has 0 bridgehead atoms. The van der Waals surface area contributed by atoms with Gasteiger partial charge in [-0.3, -0.25) is 4.79 Å². The van der Waals surface area contributed by atoms with Gasteiger partial charge in [-0.25, -0.2) is 4.98 Å². The zero-order valence-electron chi connectivity index (χ0n) is 10.3. The van der Waals surface area contributed by atoms with E-state index in [0.29, 0.717) is 24.8 Å². The summed E-state index contributed by atoms with van der Waals surface area (Å²) in [7, 11) is 1.89. The number of nitrogens with zero attached hydrogens (tertiary/aromatic N) is 2. The molecule has 0 aromatic carbocycles. The van der Waals surface area contributed by atoms with Crippen LogP contribution in [0, 0.1) is 6.92 Å². The van der Waals surface area contributed by atoms with Crippen LogP contribution in [-0.2, 0) is 4.74 Å². The van der Waals surface area contributed by atoms with Gasteiger partial charge >= 0.3 is 0 Å². The number of aryl methyl sites for hydroxylation is 1. The minimum Gasteiger partial charge on any atom is -0.377 e. The Bertz CT molecular complexity index is 387. The molecule has 0 unspecified atom stereocenters. The summed E-state index contributed by atoms with van der Waals surface area (Å²) < 4.78 is 5.44. The van der Waals surface area contributed by atoms with Gasteiger partial charge in [0.1, 0.15) is 11.6 Å². The summed E-state index contributed by atoms with van der Waals surface area (Å²) in [5, 5.41) is 0. The molecular weight excluding hydrogens is 206 g/mol. The van der Waals surface area contributed by atoms with Crippen molar-refractivity contribution in [3.05, 3.63) is 22.2 Å². The van der Waals surface area contributed by atoms with Crippen molar-refractivity contribution in [3.8, 4) is 0 Å². The molecule has 1 rings (SSSR count). The number of hydrogen-bond donors (Lipinski definition) is 1. The summed E-state index contributed by atoms with van der Waals surface area (Å²) in [6.45, 7) is 7.10. The second-order valence-corrected chi connectivity index (χ2v) is 4.03. The normalized spacial score (nSPS) is 10.8. The molecule has 0 saturated carbocycles. The summed E-state index contributed by atoms with van der Waals surface area (Å²) in [4.78, 5) is 20.0.